The van der Waals surface area contributed by atoms with E-state index in [0.29, 0.717) is 17.0 Å². The Kier molecular flexibility index (Phi) is 5.50. The molecular weight excluding hydrogens is 382 g/mol. The summed E-state index contributed by atoms with van der Waals surface area (Å²) in [5.41, 5.74) is 2.13. The molecule has 5 heteroatoms. The van der Waals surface area contributed by atoms with Crippen molar-refractivity contribution in [1.82, 2.24) is 10.6 Å². The van der Waals surface area contributed by atoms with Crippen LogP contribution < -0.4 is 15.4 Å². The summed E-state index contributed by atoms with van der Waals surface area (Å²) in [5, 5.41) is 7.26. The molecule has 0 radical (unpaired) electrons. The topological polar surface area (TPSA) is 33.3 Å². The molecule has 3 atom stereocenters. The summed E-state index contributed by atoms with van der Waals surface area (Å²) in [6.45, 7) is 2.54. The van der Waals surface area contributed by atoms with Gasteiger partial charge in [0.15, 0.2) is 11.6 Å². The molecule has 3 fully saturated rings. The molecule has 0 bridgehead atoms. The summed E-state index contributed by atoms with van der Waals surface area (Å²) in [4.78, 5) is 0. The van der Waals surface area contributed by atoms with Crippen molar-refractivity contribution in [1.29, 1.82) is 0 Å². The standard InChI is InChI=1S/C25H30F2N2O/c26-18-12-21(24(22(27)13-18)30-16-17-4-2-1-3-5-17)20-14-23(20)29-19-6-7-25(15-19)8-10-28-11-9-25/h1-5,12-13,19-20,23,28-29H,6-11,14-16H2. The molecule has 3 unspecified atom stereocenters. The van der Waals surface area contributed by atoms with E-state index in [1.807, 2.05) is 30.3 Å². The van der Waals surface area contributed by atoms with Crippen molar-refractivity contribution in [2.75, 3.05) is 13.1 Å². The lowest BCUT2D eigenvalue weighted by atomic mass is 9.77. The van der Waals surface area contributed by atoms with Crippen molar-refractivity contribution in [3.8, 4) is 5.75 Å². The number of rotatable bonds is 6. The largest absolute Gasteiger partial charge is 0.486 e. The smallest absolute Gasteiger partial charge is 0.168 e. The molecule has 2 N–H and O–H groups in total. The summed E-state index contributed by atoms with van der Waals surface area (Å²) in [5.74, 6) is -0.822. The fourth-order valence-corrected chi connectivity index (χ4v) is 5.52. The van der Waals surface area contributed by atoms with Gasteiger partial charge in [0.05, 0.1) is 0 Å². The third kappa shape index (κ3) is 4.23. The van der Waals surface area contributed by atoms with Gasteiger partial charge < -0.3 is 15.4 Å². The molecule has 160 valence electrons. The van der Waals surface area contributed by atoms with Gasteiger partial charge in [0.2, 0.25) is 0 Å². The van der Waals surface area contributed by atoms with Gasteiger partial charge in [0.1, 0.15) is 12.4 Å². The Balaban J connectivity index is 1.25. The van der Waals surface area contributed by atoms with Gasteiger partial charge >= 0.3 is 0 Å². The summed E-state index contributed by atoms with van der Waals surface area (Å²) < 4.78 is 34.4. The second-order valence-corrected chi connectivity index (χ2v) is 9.39. The number of halogens is 2. The Bertz CT molecular complexity index is 882. The Morgan fingerprint density at radius 1 is 1.07 bits per heavy atom. The molecule has 3 nitrogen and oxygen atoms in total. The lowest BCUT2D eigenvalue weighted by molar-refractivity contribution is 0.204. The van der Waals surface area contributed by atoms with Crippen molar-refractivity contribution in [2.45, 2.75) is 63.1 Å². The summed E-state index contributed by atoms with van der Waals surface area (Å²) >= 11 is 0. The van der Waals surface area contributed by atoms with Crippen LogP contribution in [-0.4, -0.2) is 25.2 Å². The third-order valence-electron chi connectivity index (χ3n) is 7.27. The highest BCUT2D eigenvalue weighted by molar-refractivity contribution is 5.42. The molecule has 2 aromatic carbocycles. The predicted octanol–water partition coefficient (Wildman–Crippen LogP) is 4.91. The van der Waals surface area contributed by atoms with E-state index >= 15 is 0 Å². The zero-order valence-electron chi connectivity index (χ0n) is 17.3. The number of nitrogens with one attached hydrogen (secondary N) is 2. The monoisotopic (exact) mass is 412 g/mol. The fraction of sp³-hybridized carbons (Fsp3) is 0.520. The zero-order valence-corrected chi connectivity index (χ0v) is 17.3. The van der Waals surface area contributed by atoms with Crippen molar-refractivity contribution in [3.05, 3.63) is 65.2 Å². The Labute approximate surface area is 177 Å². The van der Waals surface area contributed by atoms with Gasteiger partial charge in [-0.25, -0.2) is 8.78 Å². The Morgan fingerprint density at radius 3 is 2.67 bits per heavy atom. The molecule has 1 saturated heterocycles. The van der Waals surface area contributed by atoms with Crippen molar-refractivity contribution < 1.29 is 13.5 Å². The molecule has 1 heterocycles. The van der Waals surface area contributed by atoms with Gasteiger partial charge in [-0.05, 0) is 68.7 Å². The minimum absolute atomic E-state index is 0.116. The average molecular weight is 413 g/mol. The van der Waals surface area contributed by atoms with Crippen LogP contribution in [0.1, 0.15) is 55.6 Å². The Hall–Kier alpha value is -1.98. The first-order chi connectivity index (χ1) is 14.6. The fourth-order valence-electron chi connectivity index (χ4n) is 5.52. The number of hydrogen-bond acceptors (Lipinski definition) is 3. The second kappa shape index (κ2) is 8.27. The van der Waals surface area contributed by atoms with Gasteiger partial charge in [0.25, 0.3) is 0 Å². The minimum Gasteiger partial charge on any atom is -0.486 e. The predicted molar refractivity (Wildman–Crippen MR) is 114 cm³/mol. The normalized spacial score (nSPS) is 27.3. The summed E-state index contributed by atoms with van der Waals surface area (Å²) in [6.07, 6.45) is 7.18. The van der Waals surface area contributed by atoms with Crippen LogP contribution in [-0.2, 0) is 6.61 Å². The lowest BCUT2D eigenvalue weighted by Crippen LogP contribution is -2.37. The van der Waals surface area contributed by atoms with E-state index in [9.17, 15) is 8.78 Å². The Morgan fingerprint density at radius 2 is 1.87 bits per heavy atom. The molecule has 1 aliphatic heterocycles. The summed E-state index contributed by atoms with van der Waals surface area (Å²) in [7, 11) is 0. The van der Waals surface area contributed by atoms with E-state index < -0.39 is 11.6 Å². The van der Waals surface area contributed by atoms with E-state index in [2.05, 4.69) is 10.6 Å². The highest BCUT2D eigenvalue weighted by atomic mass is 19.1. The van der Waals surface area contributed by atoms with Gasteiger partial charge in [0, 0.05) is 29.6 Å². The molecule has 0 aromatic heterocycles. The third-order valence-corrected chi connectivity index (χ3v) is 7.27. The lowest BCUT2D eigenvalue weighted by Gasteiger charge is -2.34. The van der Waals surface area contributed by atoms with Crippen LogP contribution in [0.3, 0.4) is 0 Å². The molecule has 30 heavy (non-hydrogen) atoms. The number of hydrogen-bond donors (Lipinski definition) is 2. The van der Waals surface area contributed by atoms with Crippen molar-refractivity contribution >= 4 is 0 Å². The second-order valence-electron chi connectivity index (χ2n) is 9.39. The van der Waals surface area contributed by atoms with Gasteiger partial charge in [-0.1, -0.05) is 30.3 Å². The van der Waals surface area contributed by atoms with Crippen LogP contribution >= 0.6 is 0 Å². The van der Waals surface area contributed by atoms with Gasteiger partial charge in [-0.2, -0.15) is 0 Å². The quantitative estimate of drug-likeness (QED) is 0.707. The van der Waals surface area contributed by atoms with Crippen LogP contribution in [0.5, 0.6) is 5.75 Å². The highest BCUT2D eigenvalue weighted by Gasteiger charge is 2.46. The summed E-state index contributed by atoms with van der Waals surface area (Å²) in [6, 6.07) is 12.9. The number of piperidine rings is 1. The first-order valence-corrected chi connectivity index (χ1v) is 11.2. The van der Waals surface area contributed by atoms with E-state index in [1.165, 1.54) is 38.2 Å². The van der Waals surface area contributed by atoms with Crippen molar-refractivity contribution in [3.63, 3.8) is 0 Å². The molecular formula is C25H30F2N2O. The van der Waals surface area contributed by atoms with Crippen molar-refractivity contribution in [2.24, 2.45) is 5.41 Å². The van der Waals surface area contributed by atoms with E-state index in [-0.39, 0.29) is 24.3 Å². The zero-order chi connectivity index (χ0) is 20.6. The molecule has 2 saturated carbocycles. The van der Waals surface area contributed by atoms with Crippen LogP contribution in [0.25, 0.3) is 0 Å². The molecule has 0 amide bonds. The molecule has 3 aliphatic rings. The van der Waals surface area contributed by atoms with Crippen LogP contribution in [0, 0.1) is 17.0 Å². The van der Waals surface area contributed by atoms with Crippen LogP contribution in [0.2, 0.25) is 0 Å². The van der Waals surface area contributed by atoms with E-state index in [0.717, 1.165) is 31.1 Å². The SMILES string of the molecule is Fc1cc(F)c(OCc2ccccc2)c(C2CC2NC2CCC3(CCNCC3)C2)c1. The average Bonchev–Trinajstić information content (AvgIpc) is 3.41. The molecule has 1 spiro atoms. The first kappa shape index (κ1) is 20.0. The molecule has 2 aromatic rings. The maximum atomic E-state index is 14.6. The first-order valence-electron chi connectivity index (χ1n) is 11.2. The molecule has 2 aliphatic carbocycles. The van der Waals surface area contributed by atoms with Crippen LogP contribution in [0.4, 0.5) is 8.78 Å². The number of ether oxygens (including phenoxy) is 1. The maximum Gasteiger partial charge on any atom is 0.168 e. The van der Waals surface area contributed by atoms with E-state index in [4.69, 9.17) is 4.74 Å². The van der Waals surface area contributed by atoms with Gasteiger partial charge in [-0.15, -0.1) is 0 Å². The van der Waals surface area contributed by atoms with Crippen LogP contribution in [0.15, 0.2) is 42.5 Å². The highest BCUT2D eigenvalue weighted by Crippen LogP contribution is 2.49. The van der Waals surface area contributed by atoms with Gasteiger partial charge in [-0.3, -0.25) is 0 Å². The minimum atomic E-state index is -0.610. The number of benzene rings is 2. The maximum absolute atomic E-state index is 14.6. The molecule has 5 rings (SSSR count). The van der Waals surface area contributed by atoms with E-state index in [1.54, 1.807) is 0 Å².